The third-order valence-electron chi connectivity index (χ3n) is 5.14. The molecule has 2 aliphatic heterocycles. The quantitative estimate of drug-likeness (QED) is 0.672. The Morgan fingerprint density at radius 1 is 1.17 bits per heavy atom. The van der Waals surface area contributed by atoms with Crippen LogP contribution in [-0.2, 0) is 24.1 Å². The Kier molecular flexibility index (Phi) is 5.80. The van der Waals surface area contributed by atoms with E-state index in [-0.39, 0.29) is 18.3 Å². The van der Waals surface area contributed by atoms with Crippen molar-refractivity contribution in [3.05, 3.63) is 24.3 Å². The number of benzene rings is 1. The average molecular weight is 425 g/mol. The summed E-state index contributed by atoms with van der Waals surface area (Å²) in [4.78, 5) is 28.8. The minimum Gasteiger partial charge on any atom is -0.467 e. The lowest BCUT2D eigenvalue weighted by Gasteiger charge is -2.31. The molecule has 2 heterocycles. The predicted octanol–water partition coefficient (Wildman–Crippen LogP) is 2.22. The smallest absolute Gasteiger partial charge is 0.411 e. The number of amides is 1. The molecular formula is C20H28N2O6S. The zero-order valence-electron chi connectivity index (χ0n) is 17.3. The Morgan fingerprint density at radius 3 is 2.52 bits per heavy atom. The third kappa shape index (κ3) is 4.49. The summed E-state index contributed by atoms with van der Waals surface area (Å²) >= 11 is 0. The summed E-state index contributed by atoms with van der Waals surface area (Å²) in [5.74, 6) is -0.433. The molecule has 2 atom stereocenters. The van der Waals surface area contributed by atoms with Crippen LogP contribution in [0.15, 0.2) is 29.2 Å². The Hall–Kier alpha value is -2.29. The molecule has 2 aliphatic rings. The Bertz CT molecular complexity index is 892. The van der Waals surface area contributed by atoms with Crippen molar-refractivity contribution in [3.8, 4) is 0 Å². The van der Waals surface area contributed by atoms with Crippen LogP contribution in [0.2, 0.25) is 0 Å². The SMILES string of the molecule is COC(=O)[C@@H]1C[C@H](N2CCCS(=O)(=O)c3ccccc32)CN1C(=O)OC(C)(C)C. The summed E-state index contributed by atoms with van der Waals surface area (Å²) in [5, 5.41) is 0. The molecule has 1 saturated heterocycles. The number of anilines is 1. The van der Waals surface area contributed by atoms with E-state index in [2.05, 4.69) is 0 Å². The standard InChI is InChI=1S/C20H28N2O6S/c1-20(2,3)28-19(24)22-13-14(12-16(22)18(23)27-4)21-10-7-11-29(25,26)17-9-6-5-8-15(17)21/h5-6,8-9,14,16H,7,10-13H2,1-4H3/t14-,16-/m0/s1. The number of hydrogen-bond donors (Lipinski definition) is 0. The second-order valence-corrected chi connectivity index (χ2v) is 10.5. The van der Waals surface area contributed by atoms with E-state index in [9.17, 15) is 18.0 Å². The molecule has 1 aromatic carbocycles. The van der Waals surface area contributed by atoms with E-state index in [1.54, 1.807) is 45.0 Å². The van der Waals surface area contributed by atoms with Crippen molar-refractivity contribution in [2.75, 3.05) is 30.9 Å². The maximum Gasteiger partial charge on any atom is 0.411 e. The molecule has 29 heavy (non-hydrogen) atoms. The fraction of sp³-hybridized carbons (Fsp3) is 0.600. The van der Waals surface area contributed by atoms with Gasteiger partial charge in [0, 0.05) is 25.6 Å². The molecule has 1 amide bonds. The van der Waals surface area contributed by atoms with Gasteiger partial charge < -0.3 is 14.4 Å². The van der Waals surface area contributed by atoms with Gasteiger partial charge in [0.25, 0.3) is 0 Å². The fourth-order valence-electron chi connectivity index (χ4n) is 3.91. The number of likely N-dealkylation sites (tertiary alicyclic amines) is 1. The van der Waals surface area contributed by atoms with Gasteiger partial charge in [-0.2, -0.15) is 0 Å². The molecule has 0 aromatic heterocycles. The number of sulfone groups is 1. The second-order valence-electron chi connectivity index (χ2n) is 8.39. The number of esters is 1. The molecule has 160 valence electrons. The molecule has 1 aromatic rings. The van der Waals surface area contributed by atoms with Crippen LogP contribution < -0.4 is 4.90 Å². The number of nitrogens with zero attached hydrogens (tertiary/aromatic N) is 2. The summed E-state index contributed by atoms with van der Waals surface area (Å²) < 4.78 is 35.6. The number of carbonyl (C=O) groups excluding carboxylic acids is 2. The molecule has 3 rings (SSSR count). The first-order chi connectivity index (χ1) is 13.5. The summed E-state index contributed by atoms with van der Waals surface area (Å²) in [6, 6.07) is 5.90. The molecule has 0 spiro atoms. The summed E-state index contributed by atoms with van der Waals surface area (Å²) in [7, 11) is -2.08. The summed E-state index contributed by atoms with van der Waals surface area (Å²) in [6.45, 7) is 6.07. The molecule has 1 fully saturated rings. The molecule has 0 N–H and O–H groups in total. The van der Waals surface area contributed by atoms with E-state index in [0.29, 0.717) is 30.0 Å². The van der Waals surface area contributed by atoms with Crippen molar-refractivity contribution >= 4 is 27.6 Å². The highest BCUT2D eigenvalue weighted by Gasteiger charge is 2.45. The predicted molar refractivity (Wildman–Crippen MR) is 108 cm³/mol. The first kappa shape index (κ1) is 21.4. The number of methoxy groups -OCH3 is 1. The Labute approximate surface area is 171 Å². The Balaban J connectivity index is 1.93. The van der Waals surface area contributed by atoms with Crippen LogP contribution >= 0.6 is 0 Å². The number of hydrogen-bond acceptors (Lipinski definition) is 7. The summed E-state index contributed by atoms with van der Waals surface area (Å²) in [6.07, 6.45) is 0.245. The van der Waals surface area contributed by atoms with E-state index in [1.165, 1.54) is 12.0 Å². The maximum absolute atomic E-state index is 12.7. The van der Waals surface area contributed by atoms with E-state index in [4.69, 9.17) is 9.47 Å². The molecule has 0 radical (unpaired) electrons. The highest BCUT2D eigenvalue weighted by atomic mass is 32.2. The fourth-order valence-corrected chi connectivity index (χ4v) is 5.43. The van der Waals surface area contributed by atoms with E-state index in [1.807, 2.05) is 4.90 Å². The van der Waals surface area contributed by atoms with E-state index in [0.717, 1.165) is 0 Å². The summed E-state index contributed by atoms with van der Waals surface area (Å²) in [5.41, 5.74) is -0.0799. The largest absolute Gasteiger partial charge is 0.467 e. The minimum absolute atomic E-state index is 0.0729. The monoisotopic (exact) mass is 424 g/mol. The van der Waals surface area contributed by atoms with Gasteiger partial charge >= 0.3 is 12.1 Å². The van der Waals surface area contributed by atoms with Crippen molar-refractivity contribution in [3.63, 3.8) is 0 Å². The van der Waals surface area contributed by atoms with Crippen LogP contribution in [0.3, 0.4) is 0 Å². The van der Waals surface area contributed by atoms with Crippen molar-refractivity contribution in [2.24, 2.45) is 0 Å². The number of carbonyl (C=O) groups is 2. The number of rotatable bonds is 2. The first-order valence-corrected chi connectivity index (χ1v) is 11.3. The van der Waals surface area contributed by atoms with Gasteiger partial charge in [0.2, 0.25) is 0 Å². The van der Waals surface area contributed by atoms with Gasteiger partial charge in [-0.05, 0) is 39.3 Å². The van der Waals surface area contributed by atoms with Crippen LogP contribution in [0, 0.1) is 0 Å². The zero-order chi connectivity index (χ0) is 21.4. The molecule has 0 unspecified atom stereocenters. The van der Waals surface area contributed by atoms with Crippen LogP contribution in [0.25, 0.3) is 0 Å². The normalized spacial score (nSPS) is 23.9. The van der Waals surface area contributed by atoms with Crippen molar-refractivity contribution in [1.82, 2.24) is 4.90 Å². The van der Waals surface area contributed by atoms with E-state index >= 15 is 0 Å². The van der Waals surface area contributed by atoms with Gasteiger partial charge in [-0.1, -0.05) is 12.1 Å². The lowest BCUT2D eigenvalue weighted by Crippen LogP contribution is -2.44. The van der Waals surface area contributed by atoms with Gasteiger partial charge in [0.15, 0.2) is 9.84 Å². The first-order valence-electron chi connectivity index (χ1n) is 9.69. The molecule has 8 nitrogen and oxygen atoms in total. The number of ether oxygens (including phenoxy) is 2. The molecule has 0 bridgehead atoms. The average Bonchev–Trinajstić information content (AvgIpc) is 3.03. The number of fused-ring (bicyclic) bond motifs is 1. The van der Waals surface area contributed by atoms with Crippen molar-refractivity contribution < 1.29 is 27.5 Å². The third-order valence-corrected chi connectivity index (χ3v) is 6.98. The molecule has 0 aliphatic carbocycles. The minimum atomic E-state index is -3.37. The van der Waals surface area contributed by atoms with Crippen LogP contribution in [-0.4, -0.2) is 69.0 Å². The lowest BCUT2D eigenvalue weighted by molar-refractivity contribution is -0.145. The van der Waals surface area contributed by atoms with E-state index < -0.39 is 33.5 Å². The zero-order valence-corrected chi connectivity index (χ0v) is 18.1. The highest BCUT2D eigenvalue weighted by molar-refractivity contribution is 7.91. The maximum atomic E-state index is 12.7. The van der Waals surface area contributed by atoms with Crippen LogP contribution in [0.1, 0.15) is 33.6 Å². The lowest BCUT2D eigenvalue weighted by atomic mass is 10.1. The van der Waals surface area contributed by atoms with Gasteiger partial charge in [-0.15, -0.1) is 0 Å². The second kappa shape index (κ2) is 7.85. The van der Waals surface area contributed by atoms with Crippen molar-refractivity contribution in [2.45, 2.75) is 56.2 Å². The molecule has 9 heteroatoms. The van der Waals surface area contributed by atoms with Crippen LogP contribution in [0.4, 0.5) is 10.5 Å². The van der Waals surface area contributed by atoms with Gasteiger partial charge in [0.1, 0.15) is 11.6 Å². The van der Waals surface area contributed by atoms with Crippen molar-refractivity contribution in [1.29, 1.82) is 0 Å². The van der Waals surface area contributed by atoms with Crippen LogP contribution in [0.5, 0.6) is 0 Å². The Morgan fingerprint density at radius 2 is 1.86 bits per heavy atom. The topological polar surface area (TPSA) is 93.2 Å². The number of para-hydroxylation sites is 1. The van der Waals surface area contributed by atoms with Gasteiger partial charge in [0.05, 0.1) is 23.4 Å². The molecule has 0 saturated carbocycles. The van der Waals surface area contributed by atoms with Gasteiger partial charge in [-0.3, -0.25) is 4.90 Å². The van der Waals surface area contributed by atoms with Gasteiger partial charge in [-0.25, -0.2) is 18.0 Å². The highest BCUT2D eigenvalue weighted by Crippen LogP contribution is 2.35. The molecular weight excluding hydrogens is 396 g/mol.